The van der Waals surface area contributed by atoms with E-state index in [4.69, 9.17) is 0 Å². The van der Waals surface area contributed by atoms with Gasteiger partial charge in [0.25, 0.3) is 0 Å². The smallest absolute Gasteiger partial charge is 0.189 e. The van der Waals surface area contributed by atoms with Crippen molar-refractivity contribution >= 4 is 5.78 Å². The van der Waals surface area contributed by atoms with Crippen molar-refractivity contribution in [3.63, 3.8) is 0 Å². The molecule has 0 heterocycles. The number of fused-ring (bicyclic) bond motifs is 5. The summed E-state index contributed by atoms with van der Waals surface area (Å²) in [6, 6.07) is 9.70. The maximum Gasteiger partial charge on any atom is 0.189 e. The van der Waals surface area contributed by atoms with Crippen molar-refractivity contribution < 1.29 is 4.79 Å². The summed E-state index contributed by atoms with van der Waals surface area (Å²) in [5.41, 5.74) is 1.92. The second-order valence-corrected chi connectivity index (χ2v) is 5.73. The Morgan fingerprint density at radius 2 is 2.00 bits per heavy atom. The summed E-state index contributed by atoms with van der Waals surface area (Å²) in [5, 5.41) is 0. The van der Waals surface area contributed by atoms with E-state index in [0.717, 1.165) is 17.1 Å². The monoisotopic (exact) mass is 236 g/mol. The van der Waals surface area contributed by atoms with Crippen molar-refractivity contribution in [1.29, 1.82) is 0 Å². The predicted octanol–water partition coefficient (Wildman–Crippen LogP) is 3.64. The van der Waals surface area contributed by atoms with Gasteiger partial charge >= 0.3 is 0 Å². The summed E-state index contributed by atoms with van der Waals surface area (Å²) in [4.78, 5) is 12.5. The van der Waals surface area contributed by atoms with Crippen LogP contribution in [0.2, 0.25) is 0 Å². The fraction of sp³-hybridized carbons (Fsp3) is 0.353. The van der Waals surface area contributed by atoms with Gasteiger partial charge in [-0.2, -0.15) is 0 Å². The van der Waals surface area contributed by atoms with Gasteiger partial charge in [0.15, 0.2) is 5.78 Å². The number of benzene rings is 1. The van der Waals surface area contributed by atoms with Gasteiger partial charge in [-0.1, -0.05) is 48.6 Å². The maximum absolute atomic E-state index is 12.5. The molecule has 4 atom stereocenters. The van der Waals surface area contributed by atoms with Crippen LogP contribution in [0, 0.1) is 23.7 Å². The van der Waals surface area contributed by atoms with E-state index in [9.17, 15) is 4.79 Å². The molecule has 0 aliphatic heterocycles. The molecule has 0 spiro atoms. The van der Waals surface area contributed by atoms with Crippen LogP contribution in [-0.4, -0.2) is 5.78 Å². The average molecular weight is 236 g/mol. The summed E-state index contributed by atoms with van der Waals surface area (Å²) < 4.78 is 0. The van der Waals surface area contributed by atoms with Gasteiger partial charge in [-0.15, -0.1) is 0 Å². The third-order valence-corrected chi connectivity index (χ3v) is 4.89. The molecule has 90 valence electrons. The molecule has 1 heteroatoms. The Kier molecular flexibility index (Phi) is 2.11. The lowest BCUT2D eigenvalue weighted by Crippen LogP contribution is -2.21. The molecule has 0 radical (unpaired) electrons. The lowest BCUT2D eigenvalue weighted by molar-refractivity contribution is 0.101. The SMILES string of the molecule is O=C(C1=C[C@@H]2C[C@H]1[C@@H]1C=CC[C@@H]12)c1ccccc1. The minimum absolute atomic E-state index is 0.252. The Balaban J connectivity index is 1.68. The second-order valence-electron chi connectivity index (χ2n) is 5.73. The number of carbonyl (C=O) groups excluding carboxylic acids is 1. The van der Waals surface area contributed by atoms with Gasteiger partial charge in [0.1, 0.15) is 0 Å². The molecule has 18 heavy (non-hydrogen) atoms. The fourth-order valence-corrected chi connectivity index (χ4v) is 4.09. The molecule has 0 amide bonds. The standard InChI is InChI=1S/C17H16O/c18-17(11-5-2-1-3-6-11)16-10-12-9-15(16)14-8-4-7-13(12)14/h1-6,8,10,12-15H,7,9H2/t12-,13+,14+,15-/m0/s1. The van der Waals surface area contributed by atoms with Crippen LogP contribution in [0.3, 0.4) is 0 Å². The van der Waals surface area contributed by atoms with E-state index in [2.05, 4.69) is 18.2 Å². The first-order valence-corrected chi connectivity index (χ1v) is 6.83. The van der Waals surface area contributed by atoms with Gasteiger partial charge in [0.2, 0.25) is 0 Å². The van der Waals surface area contributed by atoms with Gasteiger partial charge in [-0.05, 0) is 36.5 Å². The van der Waals surface area contributed by atoms with Crippen molar-refractivity contribution in [2.75, 3.05) is 0 Å². The van der Waals surface area contributed by atoms with E-state index in [1.165, 1.54) is 12.8 Å². The number of allylic oxidation sites excluding steroid dienone is 4. The van der Waals surface area contributed by atoms with E-state index < -0.39 is 0 Å². The highest BCUT2D eigenvalue weighted by Crippen LogP contribution is 2.56. The van der Waals surface area contributed by atoms with Crippen LogP contribution in [0.1, 0.15) is 23.2 Å². The summed E-state index contributed by atoms with van der Waals surface area (Å²) >= 11 is 0. The van der Waals surface area contributed by atoms with E-state index in [1.807, 2.05) is 30.3 Å². The zero-order chi connectivity index (χ0) is 12.1. The number of hydrogen-bond donors (Lipinski definition) is 0. The molecule has 0 saturated heterocycles. The summed E-state index contributed by atoms with van der Waals surface area (Å²) in [7, 11) is 0. The van der Waals surface area contributed by atoms with E-state index in [0.29, 0.717) is 17.8 Å². The molecule has 1 saturated carbocycles. The number of ketones is 1. The van der Waals surface area contributed by atoms with Crippen molar-refractivity contribution in [2.24, 2.45) is 23.7 Å². The summed E-state index contributed by atoms with van der Waals surface area (Å²) in [5.74, 6) is 2.83. The number of Topliss-reactive ketones (excluding diaryl/α,β-unsaturated/α-hetero) is 1. The zero-order valence-corrected chi connectivity index (χ0v) is 10.3. The average Bonchev–Trinajstić information content (AvgIpc) is 3.10. The van der Waals surface area contributed by atoms with Crippen molar-refractivity contribution in [3.8, 4) is 0 Å². The van der Waals surface area contributed by atoms with Gasteiger partial charge in [-0.3, -0.25) is 4.79 Å². The van der Waals surface area contributed by atoms with E-state index >= 15 is 0 Å². The third kappa shape index (κ3) is 1.30. The Labute approximate surface area is 107 Å². The number of rotatable bonds is 2. The maximum atomic E-state index is 12.5. The molecular weight excluding hydrogens is 220 g/mol. The molecule has 1 fully saturated rings. The molecule has 3 aliphatic rings. The van der Waals surface area contributed by atoms with Crippen LogP contribution in [0.5, 0.6) is 0 Å². The van der Waals surface area contributed by atoms with Crippen LogP contribution < -0.4 is 0 Å². The van der Waals surface area contributed by atoms with Crippen LogP contribution in [0.15, 0.2) is 54.1 Å². The van der Waals surface area contributed by atoms with Gasteiger partial charge in [-0.25, -0.2) is 0 Å². The van der Waals surface area contributed by atoms with E-state index in [1.54, 1.807) is 0 Å². The molecular formula is C17H16O. The molecule has 2 bridgehead atoms. The summed E-state index contributed by atoms with van der Waals surface area (Å²) in [6.45, 7) is 0. The molecule has 4 rings (SSSR count). The van der Waals surface area contributed by atoms with Crippen molar-refractivity contribution in [1.82, 2.24) is 0 Å². The molecule has 3 aliphatic carbocycles. The first-order valence-electron chi connectivity index (χ1n) is 6.83. The molecule has 1 nitrogen and oxygen atoms in total. The summed E-state index contributed by atoms with van der Waals surface area (Å²) in [6.07, 6.45) is 9.34. The Morgan fingerprint density at radius 1 is 1.17 bits per heavy atom. The second kappa shape index (κ2) is 3.68. The largest absolute Gasteiger partial charge is 0.289 e. The normalized spacial score (nSPS) is 35.7. The minimum atomic E-state index is 0.252. The molecule has 1 aromatic carbocycles. The minimum Gasteiger partial charge on any atom is -0.289 e. The van der Waals surface area contributed by atoms with Crippen molar-refractivity contribution in [2.45, 2.75) is 12.8 Å². The lowest BCUT2D eigenvalue weighted by Gasteiger charge is -2.24. The number of hydrogen-bond acceptors (Lipinski definition) is 1. The molecule has 0 aromatic heterocycles. The molecule has 0 N–H and O–H groups in total. The molecule has 1 aromatic rings. The topological polar surface area (TPSA) is 17.1 Å². The number of carbonyl (C=O) groups is 1. The zero-order valence-electron chi connectivity index (χ0n) is 10.3. The first kappa shape index (κ1) is 10.3. The van der Waals surface area contributed by atoms with Crippen LogP contribution >= 0.6 is 0 Å². The Hall–Kier alpha value is -1.63. The van der Waals surface area contributed by atoms with Gasteiger partial charge in [0.05, 0.1) is 0 Å². The van der Waals surface area contributed by atoms with E-state index in [-0.39, 0.29) is 5.78 Å². The third-order valence-electron chi connectivity index (χ3n) is 4.89. The Bertz CT molecular complexity index is 552. The first-order chi connectivity index (χ1) is 8.84. The van der Waals surface area contributed by atoms with Crippen LogP contribution in [0.4, 0.5) is 0 Å². The fourth-order valence-electron chi connectivity index (χ4n) is 4.09. The van der Waals surface area contributed by atoms with Crippen LogP contribution in [0.25, 0.3) is 0 Å². The quantitative estimate of drug-likeness (QED) is 0.566. The predicted molar refractivity (Wildman–Crippen MR) is 71.2 cm³/mol. The van der Waals surface area contributed by atoms with Gasteiger partial charge < -0.3 is 0 Å². The lowest BCUT2D eigenvalue weighted by atomic mass is 9.79. The highest BCUT2D eigenvalue weighted by atomic mass is 16.1. The van der Waals surface area contributed by atoms with Crippen LogP contribution in [-0.2, 0) is 0 Å². The van der Waals surface area contributed by atoms with Gasteiger partial charge in [0, 0.05) is 11.1 Å². The molecule has 0 unspecified atom stereocenters. The highest BCUT2D eigenvalue weighted by Gasteiger charge is 2.49. The highest BCUT2D eigenvalue weighted by molar-refractivity contribution is 6.09. The van der Waals surface area contributed by atoms with Crippen molar-refractivity contribution in [3.05, 3.63) is 59.7 Å². The Morgan fingerprint density at radius 3 is 2.83 bits per heavy atom.